The van der Waals surface area contributed by atoms with Crippen LogP contribution in [0.15, 0.2) is 24.7 Å². The molecule has 0 radical (unpaired) electrons. The third-order valence-corrected chi connectivity index (χ3v) is 2.12. The van der Waals surface area contributed by atoms with E-state index < -0.39 is 11.9 Å². The highest BCUT2D eigenvalue weighted by atomic mass is 16.4. The number of carbonyl (C=O) groups excluding carboxylic acids is 1. The van der Waals surface area contributed by atoms with E-state index in [1.807, 2.05) is 0 Å². The van der Waals surface area contributed by atoms with E-state index in [-0.39, 0.29) is 11.1 Å². The first kappa shape index (κ1) is 10.0. The van der Waals surface area contributed by atoms with Crippen LogP contribution in [0.2, 0.25) is 0 Å². The van der Waals surface area contributed by atoms with Gasteiger partial charge in [-0.1, -0.05) is 0 Å². The lowest BCUT2D eigenvalue weighted by molar-refractivity contribution is 0.0698. The minimum atomic E-state index is -1.12. The molecule has 16 heavy (non-hydrogen) atoms. The summed E-state index contributed by atoms with van der Waals surface area (Å²) in [5, 5.41) is 9.27. The van der Waals surface area contributed by atoms with Crippen LogP contribution in [0.5, 0.6) is 0 Å². The Hall–Kier alpha value is -2.50. The van der Waals surface area contributed by atoms with Crippen molar-refractivity contribution in [1.82, 2.24) is 9.97 Å². The van der Waals surface area contributed by atoms with Crippen LogP contribution >= 0.6 is 0 Å². The normalized spacial score (nSPS) is 10.2. The van der Waals surface area contributed by atoms with Crippen molar-refractivity contribution < 1.29 is 14.7 Å². The number of amides is 1. The molecule has 1 amide bonds. The van der Waals surface area contributed by atoms with E-state index in [0.717, 1.165) is 0 Å². The Bertz CT molecular complexity index is 595. The van der Waals surface area contributed by atoms with E-state index in [9.17, 15) is 9.59 Å². The SMILES string of the molecule is NC(=O)c1cnc2cncc(C(=O)O)c2c1. The summed E-state index contributed by atoms with van der Waals surface area (Å²) in [6, 6.07) is 1.40. The van der Waals surface area contributed by atoms with Gasteiger partial charge in [0.15, 0.2) is 0 Å². The number of rotatable bonds is 2. The number of aromatic carboxylic acids is 1. The van der Waals surface area contributed by atoms with Gasteiger partial charge in [-0.2, -0.15) is 0 Å². The van der Waals surface area contributed by atoms with Crippen molar-refractivity contribution in [3.8, 4) is 0 Å². The number of hydrogen-bond acceptors (Lipinski definition) is 4. The Kier molecular flexibility index (Phi) is 2.24. The first-order chi connectivity index (χ1) is 7.59. The van der Waals surface area contributed by atoms with E-state index in [1.54, 1.807) is 0 Å². The number of aromatic nitrogens is 2. The molecule has 3 N–H and O–H groups in total. The molecule has 0 atom stereocenters. The highest BCUT2D eigenvalue weighted by Crippen LogP contribution is 2.16. The van der Waals surface area contributed by atoms with Crippen LogP contribution in [0.25, 0.3) is 10.9 Å². The van der Waals surface area contributed by atoms with Crippen LogP contribution < -0.4 is 5.73 Å². The maximum absolute atomic E-state index is 10.9. The van der Waals surface area contributed by atoms with E-state index >= 15 is 0 Å². The molecular formula is C10H7N3O3. The number of hydrogen-bond donors (Lipinski definition) is 2. The van der Waals surface area contributed by atoms with Crippen LogP contribution in [0.1, 0.15) is 20.7 Å². The standard InChI is InChI=1S/C10H7N3O3/c11-9(14)5-1-6-7(10(15)16)3-12-4-8(6)13-2-5/h1-4H,(H2,11,14)(H,15,16). The lowest BCUT2D eigenvalue weighted by Crippen LogP contribution is -2.11. The van der Waals surface area contributed by atoms with Gasteiger partial charge in [0.1, 0.15) is 0 Å². The summed E-state index contributed by atoms with van der Waals surface area (Å²) in [4.78, 5) is 29.5. The molecule has 0 fully saturated rings. The average molecular weight is 217 g/mol. The third kappa shape index (κ3) is 1.56. The minimum absolute atomic E-state index is 0.00639. The number of carboxylic acids is 1. The molecule has 2 aromatic heterocycles. The molecule has 0 aliphatic rings. The third-order valence-electron chi connectivity index (χ3n) is 2.12. The zero-order chi connectivity index (χ0) is 11.7. The summed E-state index contributed by atoms with van der Waals surface area (Å²) in [5.74, 6) is -1.77. The Morgan fingerprint density at radius 2 is 2.00 bits per heavy atom. The number of fused-ring (bicyclic) bond motifs is 1. The summed E-state index contributed by atoms with van der Waals surface area (Å²) in [5.41, 5.74) is 5.66. The number of nitrogens with two attached hydrogens (primary N) is 1. The highest BCUT2D eigenvalue weighted by Gasteiger charge is 2.11. The predicted molar refractivity (Wildman–Crippen MR) is 55.0 cm³/mol. The fourth-order valence-corrected chi connectivity index (χ4v) is 1.35. The number of nitrogens with zero attached hydrogens (tertiary/aromatic N) is 2. The first-order valence-electron chi connectivity index (χ1n) is 4.36. The fraction of sp³-hybridized carbons (Fsp3) is 0. The zero-order valence-corrected chi connectivity index (χ0v) is 8.04. The quantitative estimate of drug-likeness (QED) is 0.758. The Morgan fingerprint density at radius 1 is 1.25 bits per heavy atom. The molecule has 2 heterocycles. The highest BCUT2D eigenvalue weighted by molar-refractivity contribution is 6.04. The van der Waals surface area contributed by atoms with Crippen molar-refractivity contribution in [3.63, 3.8) is 0 Å². The molecule has 2 aromatic rings. The van der Waals surface area contributed by atoms with E-state index in [1.165, 1.54) is 24.7 Å². The average Bonchev–Trinajstić information content (AvgIpc) is 2.27. The predicted octanol–water partition coefficient (Wildman–Crippen LogP) is 0.427. The molecule has 80 valence electrons. The minimum Gasteiger partial charge on any atom is -0.478 e. The molecule has 6 heteroatoms. The first-order valence-corrected chi connectivity index (χ1v) is 4.36. The second-order valence-corrected chi connectivity index (χ2v) is 3.15. The zero-order valence-electron chi connectivity index (χ0n) is 8.04. The van der Waals surface area contributed by atoms with Crippen LogP contribution in [-0.2, 0) is 0 Å². The van der Waals surface area contributed by atoms with Gasteiger partial charge < -0.3 is 10.8 Å². The molecule has 0 saturated carbocycles. The summed E-state index contributed by atoms with van der Waals surface area (Å²) in [7, 11) is 0. The molecule has 0 unspecified atom stereocenters. The summed E-state index contributed by atoms with van der Waals surface area (Å²) in [6.07, 6.45) is 3.92. The van der Waals surface area contributed by atoms with Gasteiger partial charge in [-0.25, -0.2) is 4.79 Å². The molecule has 0 aliphatic heterocycles. The second kappa shape index (κ2) is 3.58. The van der Waals surface area contributed by atoms with E-state index in [0.29, 0.717) is 10.9 Å². The van der Waals surface area contributed by atoms with Gasteiger partial charge in [0.25, 0.3) is 0 Å². The molecule has 2 rings (SSSR count). The second-order valence-electron chi connectivity index (χ2n) is 3.15. The Morgan fingerprint density at radius 3 is 2.62 bits per heavy atom. The molecule has 6 nitrogen and oxygen atoms in total. The maximum Gasteiger partial charge on any atom is 0.337 e. The molecule has 0 bridgehead atoms. The van der Waals surface area contributed by atoms with E-state index in [2.05, 4.69) is 9.97 Å². The van der Waals surface area contributed by atoms with Crippen LogP contribution in [-0.4, -0.2) is 27.0 Å². The molecule has 0 aliphatic carbocycles. The number of carbonyl (C=O) groups is 2. The van der Waals surface area contributed by atoms with Gasteiger partial charge in [-0.15, -0.1) is 0 Å². The number of pyridine rings is 2. The van der Waals surface area contributed by atoms with Crippen molar-refractivity contribution in [3.05, 3.63) is 35.8 Å². The van der Waals surface area contributed by atoms with Crippen LogP contribution in [0.3, 0.4) is 0 Å². The summed E-state index contributed by atoms with van der Waals surface area (Å²) in [6.45, 7) is 0. The monoisotopic (exact) mass is 217 g/mol. The van der Waals surface area contributed by atoms with Crippen LogP contribution in [0, 0.1) is 0 Å². The van der Waals surface area contributed by atoms with Crippen molar-refractivity contribution in [2.24, 2.45) is 5.73 Å². The van der Waals surface area contributed by atoms with Gasteiger partial charge >= 0.3 is 5.97 Å². The summed E-state index contributed by atoms with van der Waals surface area (Å²) >= 11 is 0. The Balaban J connectivity index is 2.78. The van der Waals surface area contributed by atoms with Crippen molar-refractivity contribution in [2.45, 2.75) is 0 Å². The topological polar surface area (TPSA) is 106 Å². The largest absolute Gasteiger partial charge is 0.478 e. The van der Waals surface area contributed by atoms with Crippen molar-refractivity contribution in [2.75, 3.05) is 0 Å². The van der Waals surface area contributed by atoms with Crippen LogP contribution in [0.4, 0.5) is 0 Å². The molecule has 0 spiro atoms. The lowest BCUT2D eigenvalue weighted by atomic mass is 10.1. The fourth-order valence-electron chi connectivity index (χ4n) is 1.35. The van der Waals surface area contributed by atoms with Gasteiger partial charge in [0.2, 0.25) is 5.91 Å². The van der Waals surface area contributed by atoms with Crippen molar-refractivity contribution in [1.29, 1.82) is 0 Å². The van der Waals surface area contributed by atoms with Gasteiger partial charge in [-0.3, -0.25) is 14.8 Å². The maximum atomic E-state index is 10.9. The molecular weight excluding hydrogens is 210 g/mol. The van der Waals surface area contributed by atoms with Gasteiger partial charge in [0, 0.05) is 17.8 Å². The number of carboxylic acid groups (broad SMARTS) is 1. The van der Waals surface area contributed by atoms with E-state index in [4.69, 9.17) is 10.8 Å². The van der Waals surface area contributed by atoms with Crippen molar-refractivity contribution >= 4 is 22.8 Å². The van der Waals surface area contributed by atoms with Gasteiger partial charge in [0.05, 0.1) is 22.8 Å². The molecule has 0 aromatic carbocycles. The molecule has 0 saturated heterocycles. The lowest BCUT2D eigenvalue weighted by Gasteiger charge is -2.02. The van der Waals surface area contributed by atoms with Gasteiger partial charge in [-0.05, 0) is 6.07 Å². The smallest absolute Gasteiger partial charge is 0.337 e. The summed E-state index contributed by atoms with van der Waals surface area (Å²) < 4.78 is 0. The Labute approximate surface area is 89.7 Å². The number of primary amides is 1.